The molecular formula is C23H25ClN2O. The van der Waals surface area contributed by atoms with Gasteiger partial charge < -0.3 is 4.74 Å². The molecule has 2 aromatic rings. The van der Waals surface area contributed by atoms with E-state index in [0.717, 1.165) is 22.9 Å². The molecular weight excluding hydrogens is 356 g/mol. The monoisotopic (exact) mass is 380 g/mol. The molecule has 0 radical (unpaired) electrons. The Bertz CT molecular complexity index is 870. The first-order valence-corrected chi connectivity index (χ1v) is 10.5. The van der Waals surface area contributed by atoms with E-state index in [-0.39, 0.29) is 12.3 Å². The highest BCUT2D eigenvalue weighted by Crippen LogP contribution is 2.47. The molecule has 2 atom stereocenters. The SMILES string of the molecule is Cc1ccc(C2=NN3C(C2)c2cc(Cl)ccc2OC3C2CCCCC2)cc1. The fraction of sp³-hybridized carbons (Fsp3) is 0.435. The first-order chi connectivity index (χ1) is 13.2. The number of hydrogen-bond acceptors (Lipinski definition) is 3. The van der Waals surface area contributed by atoms with Gasteiger partial charge in [0.2, 0.25) is 0 Å². The molecule has 0 bridgehead atoms. The number of halogens is 1. The van der Waals surface area contributed by atoms with Gasteiger partial charge in [0.25, 0.3) is 0 Å². The average Bonchev–Trinajstić information content (AvgIpc) is 3.14. The number of ether oxygens (including phenoxy) is 1. The van der Waals surface area contributed by atoms with Gasteiger partial charge in [-0.15, -0.1) is 0 Å². The van der Waals surface area contributed by atoms with Crippen molar-refractivity contribution in [3.05, 3.63) is 64.2 Å². The summed E-state index contributed by atoms with van der Waals surface area (Å²) in [5.74, 6) is 1.53. The fourth-order valence-electron chi connectivity index (χ4n) is 4.74. The molecule has 140 valence electrons. The summed E-state index contributed by atoms with van der Waals surface area (Å²) in [5.41, 5.74) is 4.80. The van der Waals surface area contributed by atoms with Gasteiger partial charge in [0.15, 0.2) is 6.23 Å². The molecule has 1 fully saturated rings. The molecule has 3 nitrogen and oxygen atoms in total. The van der Waals surface area contributed by atoms with Crippen molar-refractivity contribution in [3.8, 4) is 5.75 Å². The summed E-state index contributed by atoms with van der Waals surface area (Å²) in [6.07, 6.45) is 7.33. The maximum atomic E-state index is 6.50. The van der Waals surface area contributed by atoms with E-state index in [2.05, 4.69) is 42.3 Å². The number of benzene rings is 2. The molecule has 0 spiro atoms. The quantitative estimate of drug-likeness (QED) is 0.628. The van der Waals surface area contributed by atoms with Crippen LogP contribution in [0.5, 0.6) is 5.75 Å². The first-order valence-electron chi connectivity index (χ1n) is 10.1. The number of nitrogens with zero attached hydrogens (tertiary/aromatic N) is 2. The lowest BCUT2D eigenvalue weighted by molar-refractivity contribution is -0.0643. The zero-order valence-corrected chi connectivity index (χ0v) is 16.5. The Morgan fingerprint density at radius 3 is 2.59 bits per heavy atom. The molecule has 2 aliphatic heterocycles. The van der Waals surface area contributed by atoms with Gasteiger partial charge in [-0.3, -0.25) is 0 Å². The summed E-state index contributed by atoms with van der Waals surface area (Å²) in [7, 11) is 0. The topological polar surface area (TPSA) is 24.8 Å². The van der Waals surface area contributed by atoms with Crippen molar-refractivity contribution in [1.82, 2.24) is 5.01 Å². The lowest BCUT2D eigenvalue weighted by Gasteiger charge is -2.42. The van der Waals surface area contributed by atoms with E-state index in [1.54, 1.807) is 0 Å². The van der Waals surface area contributed by atoms with Gasteiger partial charge in [0.05, 0.1) is 11.8 Å². The van der Waals surface area contributed by atoms with Crippen LogP contribution >= 0.6 is 11.6 Å². The molecule has 5 rings (SSSR count). The second-order valence-electron chi connectivity index (χ2n) is 8.10. The highest BCUT2D eigenvalue weighted by Gasteiger charge is 2.43. The van der Waals surface area contributed by atoms with Crippen molar-refractivity contribution in [2.45, 2.75) is 57.7 Å². The number of aryl methyl sites for hydroxylation is 1. The Morgan fingerprint density at radius 2 is 1.81 bits per heavy atom. The van der Waals surface area contributed by atoms with Crippen LogP contribution in [0.25, 0.3) is 0 Å². The molecule has 4 heteroatoms. The molecule has 27 heavy (non-hydrogen) atoms. The highest BCUT2D eigenvalue weighted by atomic mass is 35.5. The molecule has 0 amide bonds. The van der Waals surface area contributed by atoms with Crippen LogP contribution in [0.1, 0.15) is 61.3 Å². The normalized spacial score (nSPS) is 24.8. The van der Waals surface area contributed by atoms with Crippen LogP contribution < -0.4 is 4.74 Å². The minimum absolute atomic E-state index is 0.0342. The van der Waals surface area contributed by atoms with Crippen LogP contribution in [0, 0.1) is 12.8 Å². The zero-order chi connectivity index (χ0) is 18.4. The summed E-state index contributed by atoms with van der Waals surface area (Å²) < 4.78 is 6.50. The fourth-order valence-corrected chi connectivity index (χ4v) is 4.92. The molecule has 2 unspecified atom stereocenters. The van der Waals surface area contributed by atoms with Crippen molar-refractivity contribution in [2.75, 3.05) is 0 Å². The molecule has 0 saturated heterocycles. The van der Waals surface area contributed by atoms with Gasteiger partial charge in [-0.2, -0.15) is 5.10 Å². The number of hydrogen-bond donors (Lipinski definition) is 0. The predicted octanol–water partition coefficient (Wildman–Crippen LogP) is 6.10. The minimum atomic E-state index is 0.0342. The average molecular weight is 381 g/mol. The second-order valence-corrected chi connectivity index (χ2v) is 8.54. The van der Waals surface area contributed by atoms with Crippen LogP contribution in [0.15, 0.2) is 47.6 Å². The molecule has 1 aliphatic carbocycles. The van der Waals surface area contributed by atoms with E-state index in [0.29, 0.717) is 5.92 Å². The van der Waals surface area contributed by atoms with Gasteiger partial charge in [-0.05, 0) is 43.5 Å². The largest absolute Gasteiger partial charge is 0.468 e. The van der Waals surface area contributed by atoms with Crippen molar-refractivity contribution in [2.24, 2.45) is 11.0 Å². The van der Waals surface area contributed by atoms with Crippen LogP contribution in [0.2, 0.25) is 5.02 Å². The maximum Gasteiger partial charge on any atom is 0.190 e. The van der Waals surface area contributed by atoms with E-state index in [1.807, 2.05) is 12.1 Å². The lowest BCUT2D eigenvalue weighted by Crippen LogP contribution is -2.45. The third kappa shape index (κ3) is 3.12. The number of rotatable bonds is 2. The molecule has 2 heterocycles. The van der Waals surface area contributed by atoms with E-state index in [9.17, 15) is 0 Å². The number of fused-ring (bicyclic) bond motifs is 3. The Morgan fingerprint density at radius 1 is 1.04 bits per heavy atom. The summed E-state index contributed by atoms with van der Waals surface area (Å²) >= 11 is 6.31. The second kappa shape index (κ2) is 6.87. The van der Waals surface area contributed by atoms with Crippen LogP contribution in [-0.4, -0.2) is 16.9 Å². The summed E-state index contributed by atoms with van der Waals surface area (Å²) in [6.45, 7) is 2.12. The predicted molar refractivity (Wildman–Crippen MR) is 109 cm³/mol. The third-order valence-electron chi connectivity index (χ3n) is 6.22. The molecule has 0 aromatic heterocycles. The standard InChI is InChI=1S/C23H25ClN2O/c1-15-7-9-16(10-8-15)20-14-21-19-13-18(24)11-12-22(19)27-23(26(21)25-20)17-5-3-2-4-6-17/h7-13,17,21,23H,2-6,14H2,1H3. The molecule has 2 aromatic carbocycles. The van der Waals surface area contributed by atoms with Gasteiger partial charge in [0, 0.05) is 22.9 Å². The lowest BCUT2D eigenvalue weighted by atomic mass is 9.86. The summed E-state index contributed by atoms with van der Waals surface area (Å²) in [4.78, 5) is 0. The first kappa shape index (κ1) is 17.1. The number of hydrazone groups is 1. The summed E-state index contributed by atoms with van der Waals surface area (Å²) in [6, 6.07) is 14.9. The highest BCUT2D eigenvalue weighted by molar-refractivity contribution is 6.30. The molecule has 3 aliphatic rings. The Kier molecular flexibility index (Phi) is 4.35. The van der Waals surface area contributed by atoms with E-state index >= 15 is 0 Å². The molecule has 1 saturated carbocycles. The third-order valence-corrected chi connectivity index (χ3v) is 6.45. The van der Waals surface area contributed by atoms with Crippen LogP contribution in [-0.2, 0) is 0 Å². The Labute approximate surface area is 166 Å². The van der Waals surface area contributed by atoms with E-state index in [4.69, 9.17) is 21.4 Å². The van der Waals surface area contributed by atoms with Gasteiger partial charge >= 0.3 is 0 Å². The Hall–Kier alpha value is -2.00. The van der Waals surface area contributed by atoms with E-state index in [1.165, 1.54) is 48.8 Å². The maximum absolute atomic E-state index is 6.50. The van der Waals surface area contributed by atoms with Gasteiger partial charge in [-0.1, -0.05) is 60.7 Å². The minimum Gasteiger partial charge on any atom is -0.468 e. The van der Waals surface area contributed by atoms with Crippen molar-refractivity contribution in [3.63, 3.8) is 0 Å². The van der Waals surface area contributed by atoms with Crippen LogP contribution in [0.3, 0.4) is 0 Å². The van der Waals surface area contributed by atoms with Gasteiger partial charge in [0.1, 0.15) is 5.75 Å². The van der Waals surface area contributed by atoms with Crippen molar-refractivity contribution < 1.29 is 4.74 Å². The molecule has 0 N–H and O–H groups in total. The summed E-state index contributed by atoms with van der Waals surface area (Å²) in [5, 5.41) is 8.08. The van der Waals surface area contributed by atoms with Gasteiger partial charge in [-0.25, -0.2) is 5.01 Å². The van der Waals surface area contributed by atoms with E-state index < -0.39 is 0 Å². The van der Waals surface area contributed by atoms with Crippen molar-refractivity contribution in [1.29, 1.82) is 0 Å². The van der Waals surface area contributed by atoms with Crippen LogP contribution in [0.4, 0.5) is 0 Å². The van der Waals surface area contributed by atoms with Crippen molar-refractivity contribution >= 4 is 17.3 Å². The Balaban J connectivity index is 1.53. The smallest absolute Gasteiger partial charge is 0.190 e. The zero-order valence-electron chi connectivity index (χ0n) is 15.7.